The Balaban J connectivity index is 1.11. The van der Waals surface area contributed by atoms with E-state index in [1.165, 1.54) is 16.5 Å². The third-order valence-corrected chi connectivity index (χ3v) is 11.7. The van der Waals surface area contributed by atoms with Gasteiger partial charge >= 0.3 is 0 Å². The summed E-state index contributed by atoms with van der Waals surface area (Å²) in [5, 5.41) is 3.44. The van der Waals surface area contributed by atoms with Crippen LogP contribution in [0.15, 0.2) is 237 Å². The fourth-order valence-corrected chi connectivity index (χ4v) is 8.66. The highest BCUT2D eigenvalue weighted by Gasteiger charge is 2.19. The van der Waals surface area contributed by atoms with Crippen molar-refractivity contribution in [1.82, 2.24) is 15.0 Å². The number of pyridine rings is 1. The van der Waals surface area contributed by atoms with Crippen molar-refractivity contribution in [2.75, 3.05) is 0 Å². The zero-order valence-corrected chi connectivity index (χ0v) is 33.9. The molecule has 0 saturated heterocycles. The maximum Gasteiger partial charge on any atom is 0.160 e. The molecular weight excluding hydrogens is 751 g/mol. The van der Waals surface area contributed by atoms with Crippen LogP contribution in [0.3, 0.4) is 0 Å². The van der Waals surface area contributed by atoms with Gasteiger partial charge in [-0.25, -0.2) is 15.0 Å². The molecule has 0 aliphatic carbocycles. The molecule has 2 aromatic heterocycles. The van der Waals surface area contributed by atoms with Crippen molar-refractivity contribution in [2.24, 2.45) is 0 Å². The fraction of sp³-hybridized carbons (Fsp3) is 0. The first-order valence-corrected chi connectivity index (χ1v) is 21.0. The molecule has 11 aromatic rings. The minimum absolute atomic E-state index is 0.675. The molecule has 0 unspecified atom stereocenters. The first-order valence-electron chi connectivity index (χ1n) is 21.0. The van der Waals surface area contributed by atoms with Gasteiger partial charge in [0.25, 0.3) is 0 Å². The Kier molecular flexibility index (Phi) is 9.53. The summed E-state index contributed by atoms with van der Waals surface area (Å²) in [5.41, 5.74) is 16.7. The van der Waals surface area contributed by atoms with E-state index in [2.05, 4.69) is 218 Å². The minimum atomic E-state index is 0.675. The van der Waals surface area contributed by atoms with Gasteiger partial charge in [0.05, 0.1) is 22.6 Å². The van der Waals surface area contributed by atoms with Crippen LogP contribution in [0.1, 0.15) is 0 Å². The molecule has 62 heavy (non-hydrogen) atoms. The van der Waals surface area contributed by atoms with Gasteiger partial charge in [-0.1, -0.05) is 206 Å². The molecule has 0 atom stereocenters. The normalized spacial score (nSPS) is 11.2. The van der Waals surface area contributed by atoms with Crippen molar-refractivity contribution in [1.29, 1.82) is 0 Å². The average Bonchev–Trinajstić information content (AvgIpc) is 3.37. The summed E-state index contributed by atoms with van der Waals surface area (Å²) in [6.45, 7) is 0. The molecule has 0 aliphatic rings. The molecule has 2 heterocycles. The minimum Gasteiger partial charge on any atom is -0.246 e. The van der Waals surface area contributed by atoms with Crippen LogP contribution < -0.4 is 0 Å². The smallest absolute Gasteiger partial charge is 0.160 e. The predicted molar refractivity (Wildman–Crippen MR) is 258 cm³/mol. The molecule has 0 spiro atoms. The van der Waals surface area contributed by atoms with Gasteiger partial charge in [-0.15, -0.1) is 0 Å². The first kappa shape index (κ1) is 36.8. The van der Waals surface area contributed by atoms with Crippen LogP contribution in [-0.4, -0.2) is 15.0 Å². The molecule has 0 fully saturated rings. The Bertz CT molecular complexity index is 3310. The van der Waals surface area contributed by atoms with Crippen LogP contribution in [0, 0.1) is 0 Å². The van der Waals surface area contributed by atoms with E-state index in [-0.39, 0.29) is 0 Å². The molecule has 0 saturated carbocycles. The summed E-state index contributed by atoms with van der Waals surface area (Å²) in [6, 6.07) is 83.4. The Morgan fingerprint density at radius 1 is 0.242 bits per heavy atom. The van der Waals surface area contributed by atoms with Crippen molar-refractivity contribution < 1.29 is 0 Å². The standard InChI is InChI=1S/C59H39N3/c1-6-19-40(20-7-1)47-36-48(41-21-8-2-9-22-41)38-49(37-47)55-39-54(60-59(61-55)44-27-14-5-15-28-44)46-30-16-29-45(35-46)51-32-18-34-53-56-50(42-23-10-3-11-24-42)31-17-33-52(56)57(62-58(51)53)43-25-12-4-13-26-43/h1-39H. The zero-order chi connectivity index (χ0) is 41.2. The highest BCUT2D eigenvalue weighted by Crippen LogP contribution is 2.42. The second-order valence-electron chi connectivity index (χ2n) is 15.6. The van der Waals surface area contributed by atoms with E-state index in [0.717, 1.165) is 89.0 Å². The third-order valence-electron chi connectivity index (χ3n) is 11.7. The Hall–Kier alpha value is -8.27. The van der Waals surface area contributed by atoms with Crippen molar-refractivity contribution in [3.63, 3.8) is 0 Å². The van der Waals surface area contributed by atoms with E-state index in [1.54, 1.807) is 0 Å². The molecule has 11 rings (SSSR count). The predicted octanol–water partition coefficient (Wildman–Crippen LogP) is 15.5. The second-order valence-corrected chi connectivity index (χ2v) is 15.6. The zero-order valence-electron chi connectivity index (χ0n) is 33.9. The molecule has 0 bridgehead atoms. The van der Waals surface area contributed by atoms with E-state index < -0.39 is 0 Å². The van der Waals surface area contributed by atoms with E-state index >= 15 is 0 Å². The average molecular weight is 790 g/mol. The van der Waals surface area contributed by atoms with Crippen LogP contribution >= 0.6 is 0 Å². The van der Waals surface area contributed by atoms with Gasteiger partial charge in [-0.3, -0.25) is 0 Å². The van der Waals surface area contributed by atoms with E-state index in [1.807, 2.05) is 18.2 Å². The maximum absolute atomic E-state index is 5.54. The van der Waals surface area contributed by atoms with Crippen LogP contribution in [-0.2, 0) is 0 Å². The number of hydrogen-bond donors (Lipinski definition) is 0. The number of fused-ring (bicyclic) bond motifs is 3. The van der Waals surface area contributed by atoms with Crippen molar-refractivity contribution in [2.45, 2.75) is 0 Å². The van der Waals surface area contributed by atoms with Gasteiger partial charge in [0.15, 0.2) is 5.82 Å². The van der Waals surface area contributed by atoms with Crippen molar-refractivity contribution >= 4 is 21.7 Å². The second kappa shape index (κ2) is 16.1. The topological polar surface area (TPSA) is 38.7 Å². The van der Waals surface area contributed by atoms with Crippen LogP contribution in [0.2, 0.25) is 0 Å². The molecule has 0 amide bonds. The number of benzene rings is 9. The number of aromatic nitrogens is 3. The largest absolute Gasteiger partial charge is 0.246 e. The fourth-order valence-electron chi connectivity index (χ4n) is 8.66. The highest BCUT2D eigenvalue weighted by molar-refractivity contribution is 6.19. The van der Waals surface area contributed by atoms with E-state index in [0.29, 0.717) is 5.82 Å². The molecule has 3 nitrogen and oxygen atoms in total. The quantitative estimate of drug-likeness (QED) is 0.144. The first-order chi connectivity index (χ1) is 30.7. The molecular formula is C59H39N3. The molecule has 9 aromatic carbocycles. The Morgan fingerprint density at radius 3 is 1.29 bits per heavy atom. The lowest BCUT2D eigenvalue weighted by molar-refractivity contribution is 1.18. The summed E-state index contributed by atoms with van der Waals surface area (Å²) >= 11 is 0. The van der Waals surface area contributed by atoms with Gasteiger partial charge < -0.3 is 0 Å². The van der Waals surface area contributed by atoms with Crippen LogP contribution in [0.25, 0.3) is 111 Å². The molecule has 3 heteroatoms. The maximum atomic E-state index is 5.54. The Morgan fingerprint density at radius 2 is 0.677 bits per heavy atom. The molecule has 290 valence electrons. The lowest BCUT2D eigenvalue weighted by Crippen LogP contribution is -1.97. The lowest BCUT2D eigenvalue weighted by Gasteiger charge is -2.17. The van der Waals surface area contributed by atoms with E-state index in [9.17, 15) is 0 Å². The molecule has 0 N–H and O–H groups in total. The monoisotopic (exact) mass is 789 g/mol. The van der Waals surface area contributed by atoms with Gasteiger partial charge in [0.1, 0.15) is 0 Å². The SMILES string of the molecule is c1ccc(-c2cc(-c3ccccc3)cc(-c3cc(-c4cccc(-c5cccc6c5nc(-c5ccccc5)c5cccc(-c7ccccc7)c56)c4)nc(-c4ccccc4)n3)c2)cc1. The van der Waals surface area contributed by atoms with Gasteiger partial charge in [0.2, 0.25) is 0 Å². The van der Waals surface area contributed by atoms with Crippen LogP contribution in [0.4, 0.5) is 0 Å². The number of nitrogens with zero attached hydrogens (tertiary/aromatic N) is 3. The summed E-state index contributed by atoms with van der Waals surface area (Å²) in [5.74, 6) is 0.675. The third kappa shape index (κ3) is 7.02. The number of para-hydroxylation sites is 1. The van der Waals surface area contributed by atoms with Crippen molar-refractivity contribution in [3.8, 4) is 89.7 Å². The Labute approximate surface area is 361 Å². The van der Waals surface area contributed by atoms with E-state index in [4.69, 9.17) is 15.0 Å². The van der Waals surface area contributed by atoms with Gasteiger partial charge in [-0.05, 0) is 69.3 Å². The van der Waals surface area contributed by atoms with Crippen LogP contribution in [0.5, 0.6) is 0 Å². The lowest BCUT2D eigenvalue weighted by atomic mass is 9.91. The van der Waals surface area contributed by atoms with Gasteiger partial charge in [-0.2, -0.15) is 0 Å². The molecule has 0 aliphatic heterocycles. The summed E-state index contributed by atoms with van der Waals surface area (Å²) < 4.78 is 0. The van der Waals surface area contributed by atoms with Crippen molar-refractivity contribution in [3.05, 3.63) is 237 Å². The number of hydrogen-bond acceptors (Lipinski definition) is 3. The summed E-state index contributed by atoms with van der Waals surface area (Å²) in [7, 11) is 0. The summed E-state index contributed by atoms with van der Waals surface area (Å²) in [6.07, 6.45) is 0. The number of rotatable bonds is 8. The van der Waals surface area contributed by atoms with Gasteiger partial charge in [0, 0.05) is 44.0 Å². The highest BCUT2D eigenvalue weighted by atomic mass is 14.9. The summed E-state index contributed by atoms with van der Waals surface area (Å²) in [4.78, 5) is 16.1. The molecule has 0 radical (unpaired) electrons.